The van der Waals surface area contributed by atoms with Gasteiger partial charge in [0.1, 0.15) is 16.4 Å². The molecule has 1 aromatic carbocycles. The second-order valence-corrected chi connectivity index (χ2v) is 9.53. The molecule has 144 valence electrons. The molecule has 0 bridgehead atoms. The fourth-order valence-corrected chi connectivity index (χ4v) is 6.16. The second kappa shape index (κ2) is 8.17. The van der Waals surface area contributed by atoms with Crippen LogP contribution in [0.15, 0.2) is 23.1 Å². The zero-order valence-corrected chi connectivity index (χ0v) is 17.3. The summed E-state index contributed by atoms with van der Waals surface area (Å²) in [4.78, 5) is 42.5. The smallest absolute Gasteiger partial charge is 0.336 e. The van der Waals surface area contributed by atoms with Crippen molar-refractivity contribution in [3.63, 3.8) is 0 Å². The first kappa shape index (κ1) is 20.1. The lowest BCUT2D eigenvalue weighted by Crippen LogP contribution is -2.63. The Kier molecular flexibility index (Phi) is 6.09. The van der Waals surface area contributed by atoms with Gasteiger partial charge in [-0.15, -0.1) is 11.3 Å². The number of para-hydroxylation sites is 1. The van der Waals surface area contributed by atoms with Crippen molar-refractivity contribution in [2.75, 3.05) is 13.7 Å². The van der Waals surface area contributed by atoms with E-state index in [0.29, 0.717) is 11.6 Å². The first-order chi connectivity index (χ1) is 12.8. The van der Waals surface area contributed by atoms with Crippen LogP contribution in [0.2, 0.25) is 0 Å². The molecule has 3 rings (SSSR count). The summed E-state index contributed by atoms with van der Waals surface area (Å²) in [6, 6.07) is 4.60. The fourth-order valence-electron chi connectivity index (χ4n) is 2.64. The van der Waals surface area contributed by atoms with Gasteiger partial charge in [-0.2, -0.15) is 0 Å². The number of methoxy groups -OCH3 is 1. The Morgan fingerprint density at radius 1 is 1.44 bits per heavy atom. The number of Topliss-reactive ketones (excluding diaryl/α,β-unsaturated/α-hetero) is 1. The van der Waals surface area contributed by atoms with E-state index in [-0.39, 0.29) is 11.2 Å². The number of fused-ring (bicyclic) bond motifs is 1. The SMILES string of the molecule is COC(=O)C(C(C)=O)N1C[C@H](SSc2cccc3sc([C@@H](C)O)nc23)C1=O. The number of rotatable bonds is 7. The molecule has 2 heterocycles. The molecule has 1 aromatic heterocycles. The van der Waals surface area contributed by atoms with Crippen LogP contribution in [0, 0.1) is 0 Å². The van der Waals surface area contributed by atoms with Gasteiger partial charge < -0.3 is 14.7 Å². The molecule has 10 heteroatoms. The Morgan fingerprint density at radius 2 is 2.19 bits per heavy atom. The van der Waals surface area contributed by atoms with Gasteiger partial charge in [0, 0.05) is 11.4 Å². The Balaban J connectivity index is 1.67. The molecule has 1 aliphatic heterocycles. The summed E-state index contributed by atoms with van der Waals surface area (Å²) in [7, 11) is 4.00. The number of hydrogen-bond acceptors (Lipinski definition) is 9. The van der Waals surface area contributed by atoms with E-state index in [4.69, 9.17) is 0 Å². The van der Waals surface area contributed by atoms with Crippen molar-refractivity contribution in [3.05, 3.63) is 23.2 Å². The largest absolute Gasteiger partial charge is 0.467 e. The Labute approximate surface area is 167 Å². The van der Waals surface area contributed by atoms with Gasteiger partial charge in [-0.25, -0.2) is 9.78 Å². The highest BCUT2D eigenvalue weighted by molar-refractivity contribution is 8.77. The van der Waals surface area contributed by atoms with E-state index in [2.05, 4.69) is 9.72 Å². The molecule has 1 saturated heterocycles. The number of carbonyl (C=O) groups is 3. The number of thiazole rings is 1. The number of aromatic nitrogens is 1. The molecule has 0 radical (unpaired) electrons. The summed E-state index contributed by atoms with van der Waals surface area (Å²) in [6.45, 7) is 3.25. The minimum Gasteiger partial charge on any atom is -0.467 e. The Morgan fingerprint density at radius 3 is 2.78 bits per heavy atom. The summed E-state index contributed by atoms with van der Waals surface area (Å²) < 4.78 is 5.59. The molecular weight excluding hydrogens is 408 g/mol. The molecule has 0 spiro atoms. The highest BCUT2D eigenvalue weighted by Crippen LogP contribution is 2.43. The van der Waals surface area contributed by atoms with Gasteiger partial charge in [-0.05, 0) is 26.0 Å². The molecule has 1 N–H and O–H groups in total. The molecule has 2 aromatic rings. The fraction of sp³-hybridized carbons (Fsp3) is 0.412. The summed E-state index contributed by atoms with van der Waals surface area (Å²) in [5, 5.41) is 10.0. The quantitative estimate of drug-likeness (QED) is 0.312. The first-order valence-corrected chi connectivity index (χ1v) is 11.2. The van der Waals surface area contributed by atoms with Gasteiger partial charge in [0.05, 0.1) is 17.3 Å². The van der Waals surface area contributed by atoms with Gasteiger partial charge in [-0.1, -0.05) is 27.7 Å². The highest BCUT2D eigenvalue weighted by atomic mass is 33.1. The number of nitrogens with zero attached hydrogens (tertiary/aromatic N) is 2. The van der Waals surface area contributed by atoms with Crippen LogP contribution in [0.1, 0.15) is 25.0 Å². The van der Waals surface area contributed by atoms with Crippen LogP contribution in [0.4, 0.5) is 0 Å². The number of β-lactam (4-membered cyclic amide) rings is 1. The molecule has 1 aliphatic rings. The van der Waals surface area contributed by atoms with Gasteiger partial charge in [0.2, 0.25) is 5.91 Å². The third-order valence-electron chi connectivity index (χ3n) is 4.05. The number of benzene rings is 1. The van der Waals surface area contributed by atoms with E-state index >= 15 is 0 Å². The Hall–Kier alpha value is -1.62. The predicted octanol–water partition coefficient (Wildman–Crippen LogP) is 2.43. The number of carbonyl (C=O) groups excluding carboxylic acids is 3. The normalized spacial score (nSPS) is 18.9. The van der Waals surface area contributed by atoms with E-state index in [1.54, 1.807) is 6.92 Å². The second-order valence-electron chi connectivity index (χ2n) is 6.03. The van der Waals surface area contributed by atoms with Crippen LogP contribution in [-0.4, -0.2) is 57.6 Å². The molecular formula is C17H18N2O5S3. The number of likely N-dealkylation sites (tertiary alicyclic amines) is 1. The van der Waals surface area contributed by atoms with Crippen molar-refractivity contribution in [1.29, 1.82) is 0 Å². The summed E-state index contributed by atoms with van der Waals surface area (Å²) in [6.07, 6.45) is -0.628. The standard InChI is InChI=1S/C17H18N2O5S3/c1-8(20)14(17(23)24-3)19-7-12(16(19)22)27-26-11-6-4-5-10-13(11)18-15(25-10)9(2)21/h4-6,9,12,14,21H,7H2,1-3H3/t9-,12+,14?/m1/s1. The zero-order chi connectivity index (χ0) is 19.7. The molecule has 1 amide bonds. The summed E-state index contributed by atoms with van der Waals surface area (Å²) in [5.74, 6) is -1.39. The van der Waals surface area contributed by atoms with Gasteiger partial charge in [0.15, 0.2) is 11.8 Å². The van der Waals surface area contributed by atoms with E-state index in [1.807, 2.05) is 18.2 Å². The number of ketones is 1. The van der Waals surface area contributed by atoms with Crippen molar-refractivity contribution in [2.24, 2.45) is 0 Å². The maximum Gasteiger partial charge on any atom is 0.336 e. The molecule has 1 fully saturated rings. The van der Waals surface area contributed by atoms with Crippen LogP contribution in [0.3, 0.4) is 0 Å². The number of hydrogen-bond donors (Lipinski definition) is 1. The van der Waals surface area contributed by atoms with E-state index in [9.17, 15) is 19.5 Å². The lowest BCUT2D eigenvalue weighted by Gasteiger charge is -2.40. The van der Waals surface area contributed by atoms with Crippen LogP contribution >= 0.6 is 32.9 Å². The average molecular weight is 427 g/mol. The topological polar surface area (TPSA) is 96.8 Å². The molecule has 7 nitrogen and oxygen atoms in total. The number of ether oxygens (including phenoxy) is 1. The number of esters is 1. The minimum absolute atomic E-state index is 0.256. The van der Waals surface area contributed by atoms with Gasteiger partial charge >= 0.3 is 5.97 Å². The first-order valence-electron chi connectivity index (χ1n) is 8.13. The summed E-state index contributed by atoms with van der Waals surface area (Å²) >= 11 is 1.44. The van der Waals surface area contributed by atoms with Crippen molar-refractivity contribution < 1.29 is 24.2 Å². The molecule has 1 unspecified atom stereocenters. The van der Waals surface area contributed by atoms with Crippen molar-refractivity contribution in [1.82, 2.24) is 9.88 Å². The van der Waals surface area contributed by atoms with Crippen LogP contribution < -0.4 is 0 Å². The molecule has 3 atom stereocenters. The van der Waals surface area contributed by atoms with E-state index < -0.39 is 23.9 Å². The molecule has 0 saturated carbocycles. The maximum atomic E-state index is 12.4. The number of aliphatic hydroxyl groups is 1. The van der Waals surface area contributed by atoms with Crippen molar-refractivity contribution >= 4 is 60.8 Å². The lowest BCUT2D eigenvalue weighted by atomic mass is 10.1. The van der Waals surface area contributed by atoms with Crippen LogP contribution in [0.25, 0.3) is 10.2 Å². The minimum atomic E-state index is -1.17. The van der Waals surface area contributed by atoms with Crippen LogP contribution in [0.5, 0.6) is 0 Å². The van der Waals surface area contributed by atoms with Crippen LogP contribution in [-0.2, 0) is 19.1 Å². The highest BCUT2D eigenvalue weighted by Gasteiger charge is 2.46. The molecule has 0 aliphatic carbocycles. The van der Waals surface area contributed by atoms with Gasteiger partial charge in [0.25, 0.3) is 0 Å². The summed E-state index contributed by atoms with van der Waals surface area (Å²) in [5.41, 5.74) is 0.802. The maximum absolute atomic E-state index is 12.4. The average Bonchev–Trinajstić information content (AvgIpc) is 3.08. The van der Waals surface area contributed by atoms with E-state index in [0.717, 1.165) is 15.1 Å². The monoisotopic (exact) mass is 426 g/mol. The number of aliphatic hydroxyl groups excluding tert-OH is 1. The Bertz CT molecular complexity index is 898. The molecule has 27 heavy (non-hydrogen) atoms. The predicted molar refractivity (Wildman–Crippen MR) is 106 cm³/mol. The van der Waals surface area contributed by atoms with E-state index in [1.165, 1.54) is 51.9 Å². The van der Waals surface area contributed by atoms with Gasteiger partial charge in [-0.3, -0.25) is 9.59 Å². The van der Waals surface area contributed by atoms with Crippen molar-refractivity contribution in [3.8, 4) is 0 Å². The zero-order valence-electron chi connectivity index (χ0n) is 14.9. The lowest BCUT2D eigenvalue weighted by molar-refractivity contribution is -0.161. The number of amides is 1. The third-order valence-corrected chi connectivity index (χ3v) is 7.96. The van der Waals surface area contributed by atoms with Crippen molar-refractivity contribution in [2.45, 2.75) is 36.1 Å². The third kappa shape index (κ3) is 3.98.